The van der Waals surface area contributed by atoms with Gasteiger partial charge in [0, 0.05) is 12.1 Å². The third-order valence-corrected chi connectivity index (χ3v) is 5.51. The molecule has 0 radical (unpaired) electrons. The lowest BCUT2D eigenvalue weighted by Gasteiger charge is -2.34. The van der Waals surface area contributed by atoms with Crippen molar-refractivity contribution in [2.75, 3.05) is 22.4 Å². The number of nitro benzene ring substituents is 1. The molecule has 1 aliphatic rings. The molecule has 0 fully saturated rings. The minimum absolute atomic E-state index is 0.163. The number of carbonyl (C=O) groups is 1. The molecule has 0 spiro atoms. The smallest absolute Gasteiger partial charge is 0.271 e. The van der Waals surface area contributed by atoms with E-state index in [-0.39, 0.29) is 23.7 Å². The number of non-ortho nitro benzene ring substituents is 1. The molecule has 0 unspecified atom stereocenters. The first-order valence-corrected chi connectivity index (χ1v) is 10.2. The summed E-state index contributed by atoms with van der Waals surface area (Å²) in [6, 6.07) is 9.16. The Bertz CT molecular complexity index is 1070. The van der Waals surface area contributed by atoms with E-state index in [9.17, 15) is 23.3 Å². The number of hydrogen-bond donors (Lipinski definition) is 1. The van der Waals surface area contributed by atoms with Gasteiger partial charge in [0.15, 0.2) is 6.10 Å². The maximum atomic E-state index is 12.7. The topological polar surface area (TPSA) is 119 Å². The lowest BCUT2D eigenvalue weighted by Crippen LogP contribution is -2.48. The van der Waals surface area contributed by atoms with Crippen molar-refractivity contribution in [3.8, 4) is 5.75 Å². The van der Waals surface area contributed by atoms with E-state index in [1.54, 1.807) is 25.1 Å². The van der Waals surface area contributed by atoms with Crippen molar-refractivity contribution in [3.63, 3.8) is 0 Å². The first-order valence-electron chi connectivity index (χ1n) is 8.37. The summed E-state index contributed by atoms with van der Waals surface area (Å²) < 4.78 is 31.3. The van der Waals surface area contributed by atoms with Gasteiger partial charge in [0.25, 0.3) is 11.6 Å². The number of fused-ring (bicyclic) bond motifs is 1. The quantitative estimate of drug-likeness (QED) is 0.616. The van der Waals surface area contributed by atoms with Crippen LogP contribution in [0.1, 0.15) is 11.1 Å². The van der Waals surface area contributed by atoms with Crippen LogP contribution < -0.4 is 14.4 Å². The summed E-state index contributed by atoms with van der Waals surface area (Å²) in [4.78, 5) is 23.1. The van der Waals surface area contributed by atoms with Crippen LogP contribution >= 0.6 is 0 Å². The molecule has 2 aromatic rings. The molecule has 28 heavy (non-hydrogen) atoms. The van der Waals surface area contributed by atoms with E-state index >= 15 is 0 Å². The van der Waals surface area contributed by atoms with Gasteiger partial charge in [-0.25, -0.2) is 8.42 Å². The Kier molecular flexibility index (Phi) is 4.99. The number of amides is 1. The molecule has 9 nitrogen and oxygen atoms in total. The number of nitrogens with zero attached hydrogens (tertiary/aromatic N) is 2. The first kappa shape index (κ1) is 19.6. The Hall–Kier alpha value is -3.14. The second-order valence-corrected chi connectivity index (χ2v) is 8.52. The van der Waals surface area contributed by atoms with E-state index in [1.165, 1.54) is 18.2 Å². The number of benzene rings is 2. The van der Waals surface area contributed by atoms with Crippen LogP contribution in [0.25, 0.3) is 0 Å². The molecule has 3 rings (SSSR count). The van der Waals surface area contributed by atoms with Gasteiger partial charge in [-0.3, -0.25) is 19.2 Å². The monoisotopic (exact) mass is 405 g/mol. The number of ether oxygens (including phenoxy) is 1. The van der Waals surface area contributed by atoms with E-state index in [2.05, 4.69) is 5.32 Å². The molecule has 0 saturated carbocycles. The molecule has 1 N–H and O–H groups in total. The van der Waals surface area contributed by atoms with Crippen molar-refractivity contribution < 1.29 is 22.9 Å². The van der Waals surface area contributed by atoms with Gasteiger partial charge in [0.2, 0.25) is 10.0 Å². The van der Waals surface area contributed by atoms with E-state index in [0.29, 0.717) is 11.3 Å². The molecular weight excluding hydrogens is 386 g/mol. The van der Waals surface area contributed by atoms with Gasteiger partial charge in [-0.15, -0.1) is 0 Å². The summed E-state index contributed by atoms with van der Waals surface area (Å²) in [5.41, 5.74) is 1.96. The van der Waals surface area contributed by atoms with Crippen molar-refractivity contribution in [2.45, 2.75) is 20.0 Å². The number of anilines is 2. The minimum atomic E-state index is -3.64. The van der Waals surface area contributed by atoms with Gasteiger partial charge in [0.05, 0.1) is 29.1 Å². The Balaban J connectivity index is 1.90. The number of hydrogen-bond acceptors (Lipinski definition) is 6. The Morgan fingerprint density at radius 1 is 1.25 bits per heavy atom. The van der Waals surface area contributed by atoms with Gasteiger partial charge < -0.3 is 10.1 Å². The third-order valence-electron chi connectivity index (χ3n) is 4.37. The Morgan fingerprint density at radius 3 is 2.61 bits per heavy atom. The second kappa shape index (κ2) is 7.12. The van der Waals surface area contributed by atoms with Crippen LogP contribution in [0.4, 0.5) is 17.1 Å². The fourth-order valence-corrected chi connectivity index (χ4v) is 3.79. The third kappa shape index (κ3) is 3.91. The van der Waals surface area contributed by atoms with Crippen molar-refractivity contribution in [1.29, 1.82) is 0 Å². The lowest BCUT2D eigenvalue weighted by atomic mass is 10.1. The molecule has 0 bridgehead atoms. The molecule has 1 atom stereocenters. The van der Waals surface area contributed by atoms with Gasteiger partial charge >= 0.3 is 0 Å². The summed E-state index contributed by atoms with van der Waals surface area (Å²) in [6.45, 7) is 3.32. The van der Waals surface area contributed by atoms with Crippen LogP contribution in [0.2, 0.25) is 0 Å². The van der Waals surface area contributed by atoms with Crippen LogP contribution in [0.5, 0.6) is 5.75 Å². The van der Waals surface area contributed by atoms with Crippen LogP contribution in [-0.4, -0.2) is 38.2 Å². The van der Waals surface area contributed by atoms with Crippen molar-refractivity contribution in [3.05, 3.63) is 57.6 Å². The largest absolute Gasteiger partial charge is 0.476 e. The number of rotatable bonds is 4. The zero-order chi connectivity index (χ0) is 20.6. The molecule has 0 saturated heterocycles. The van der Waals surface area contributed by atoms with E-state index in [0.717, 1.165) is 16.1 Å². The normalized spacial score (nSPS) is 16.1. The molecule has 10 heteroatoms. The summed E-state index contributed by atoms with van der Waals surface area (Å²) in [5.74, 6) is -0.318. The number of sulfonamides is 1. The fraction of sp³-hybridized carbons (Fsp3) is 0.278. The average molecular weight is 405 g/mol. The zero-order valence-corrected chi connectivity index (χ0v) is 16.3. The van der Waals surface area contributed by atoms with Crippen molar-refractivity contribution in [1.82, 2.24) is 0 Å². The molecule has 0 aliphatic carbocycles. The average Bonchev–Trinajstić information content (AvgIpc) is 2.61. The standard InChI is InChI=1S/C18H19N3O6S/c1-11-4-7-16-15(8-11)20(28(3,25)26)10-17(27-16)18(22)19-14-9-13(21(23)24)6-5-12(14)2/h4-9,17H,10H2,1-3H3,(H,19,22)/t17-/m0/s1. The molecule has 2 aromatic carbocycles. The maximum absolute atomic E-state index is 12.7. The van der Waals surface area contributed by atoms with Crippen molar-refractivity contribution >= 4 is 33.0 Å². The number of nitro groups is 1. The molecule has 1 aliphatic heterocycles. The minimum Gasteiger partial charge on any atom is -0.476 e. The van der Waals surface area contributed by atoms with Crippen LogP contribution in [0, 0.1) is 24.0 Å². The molecule has 0 aromatic heterocycles. The highest BCUT2D eigenvalue weighted by Crippen LogP contribution is 2.36. The maximum Gasteiger partial charge on any atom is 0.271 e. The summed E-state index contributed by atoms with van der Waals surface area (Å²) in [5, 5.41) is 13.6. The lowest BCUT2D eigenvalue weighted by molar-refractivity contribution is -0.384. The summed E-state index contributed by atoms with van der Waals surface area (Å²) in [7, 11) is -3.64. The first-order chi connectivity index (χ1) is 13.1. The highest BCUT2D eigenvalue weighted by molar-refractivity contribution is 7.92. The summed E-state index contributed by atoms with van der Waals surface area (Å²) >= 11 is 0. The molecule has 1 heterocycles. The van der Waals surface area contributed by atoms with Gasteiger partial charge in [0.1, 0.15) is 5.75 Å². The predicted molar refractivity (Wildman–Crippen MR) is 104 cm³/mol. The van der Waals surface area contributed by atoms with Crippen molar-refractivity contribution in [2.24, 2.45) is 0 Å². The number of carbonyl (C=O) groups excluding carboxylic acids is 1. The SMILES string of the molecule is Cc1ccc2c(c1)N(S(C)(=O)=O)C[C@@H](C(=O)Nc1cc([N+](=O)[O-])ccc1C)O2. The fourth-order valence-electron chi connectivity index (χ4n) is 2.88. The number of aryl methyl sites for hydroxylation is 2. The van der Waals surface area contributed by atoms with Gasteiger partial charge in [-0.2, -0.15) is 0 Å². The van der Waals surface area contributed by atoms with E-state index in [1.807, 2.05) is 6.92 Å². The van der Waals surface area contributed by atoms with Gasteiger partial charge in [-0.1, -0.05) is 12.1 Å². The van der Waals surface area contributed by atoms with Gasteiger partial charge in [-0.05, 0) is 37.1 Å². The van der Waals surface area contributed by atoms with E-state index in [4.69, 9.17) is 4.74 Å². The zero-order valence-electron chi connectivity index (χ0n) is 15.5. The Labute approximate surface area is 162 Å². The van der Waals surface area contributed by atoms with Crippen LogP contribution in [0.15, 0.2) is 36.4 Å². The highest BCUT2D eigenvalue weighted by atomic mass is 32.2. The Morgan fingerprint density at radius 2 is 1.96 bits per heavy atom. The van der Waals surface area contributed by atoms with E-state index < -0.39 is 27.0 Å². The second-order valence-electron chi connectivity index (χ2n) is 6.62. The molecule has 148 valence electrons. The predicted octanol–water partition coefficient (Wildman–Crippen LogP) is 2.38. The van der Waals surface area contributed by atoms with Crippen LogP contribution in [0.3, 0.4) is 0 Å². The van der Waals surface area contributed by atoms with Crippen LogP contribution in [-0.2, 0) is 14.8 Å². The molecular formula is C18H19N3O6S. The highest BCUT2D eigenvalue weighted by Gasteiger charge is 2.35. The summed E-state index contributed by atoms with van der Waals surface area (Å²) in [6.07, 6.45) is -0.0482. The number of nitrogens with one attached hydrogen (secondary N) is 1. The molecule has 1 amide bonds.